The monoisotopic (exact) mass is 241 g/mol. The van der Waals surface area contributed by atoms with Crippen molar-refractivity contribution in [3.05, 3.63) is 29.3 Å². The second-order valence-corrected chi connectivity index (χ2v) is 5.58. The molecule has 0 saturated heterocycles. The summed E-state index contributed by atoms with van der Waals surface area (Å²) < 4.78 is 31.0. The molecule has 2 rings (SSSR count). The first kappa shape index (κ1) is 11.6. The van der Waals surface area contributed by atoms with E-state index in [1.54, 1.807) is 12.1 Å². The molecule has 0 aromatic heterocycles. The lowest BCUT2D eigenvalue weighted by molar-refractivity contribution is 0.482. The number of benzene rings is 1. The van der Waals surface area contributed by atoms with Crippen molar-refractivity contribution >= 4 is 10.1 Å². The van der Waals surface area contributed by atoms with Gasteiger partial charge in [-0.25, -0.2) is 0 Å². The van der Waals surface area contributed by atoms with E-state index in [-0.39, 0.29) is 4.90 Å². The first-order valence-corrected chi connectivity index (χ1v) is 6.77. The molecule has 1 atom stereocenters. The maximum absolute atomic E-state index is 11.0. The standard InChI is InChI=1S/C11H15NO3S/c12-7-9-3-1-2-8-6-10(16(13,14)15)4-5-11(8)9/h4-6,9H,1-3,7,12H2,(H,13,14,15)/t9-/m0/s1. The Morgan fingerprint density at radius 2 is 2.19 bits per heavy atom. The Morgan fingerprint density at radius 1 is 1.44 bits per heavy atom. The molecule has 0 unspecified atom stereocenters. The molecule has 4 nitrogen and oxygen atoms in total. The zero-order valence-electron chi connectivity index (χ0n) is 8.89. The molecule has 0 amide bonds. The van der Waals surface area contributed by atoms with E-state index in [0.717, 1.165) is 30.4 Å². The Kier molecular flexibility index (Phi) is 3.01. The van der Waals surface area contributed by atoms with E-state index in [1.165, 1.54) is 6.07 Å². The summed E-state index contributed by atoms with van der Waals surface area (Å²) in [4.78, 5) is -0.0241. The van der Waals surface area contributed by atoms with Crippen LogP contribution in [0, 0.1) is 0 Å². The van der Waals surface area contributed by atoms with Crippen molar-refractivity contribution in [2.45, 2.75) is 30.1 Å². The predicted molar refractivity (Wildman–Crippen MR) is 61.0 cm³/mol. The molecule has 1 aromatic carbocycles. The molecule has 0 saturated carbocycles. The van der Waals surface area contributed by atoms with Gasteiger partial charge in [-0.2, -0.15) is 8.42 Å². The van der Waals surface area contributed by atoms with Crippen LogP contribution >= 0.6 is 0 Å². The van der Waals surface area contributed by atoms with Crippen LogP contribution in [0.5, 0.6) is 0 Å². The summed E-state index contributed by atoms with van der Waals surface area (Å²) in [6.07, 6.45) is 2.92. The Bertz CT molecular complexity index is 496. The van der Waals surface area contributed by atoms with Crippen molar-refractivity contribution in [3.8, 4) is 0 Å². The largest absolute Gasteiger partial charge is 0.330 e. The molecule has 3 N–H and O–H groups in total. The number of aryl methyl sites for hydroxylation is 1. The molecule has 0 aliphatic heterocycles. The third-order valence-corrected chi connectivity index (χ3v) is 3.98. The fraction of sp³-hybridized carbons (Fsp3) is 0.455. The minimum atomic E-state index is -4.09. The van der Waals surface area contributed by atoms with Crippen LogP contribution in [0.15, 0.2) is 23.1 Å². The van der Waals surface area contributed by atoms with Gasteiger partial charge in [-0.05, 0) is 55.0 Å². The molecule has 0 heterocycles. The average molecular weight is 241 g/mol. The van der Waals surface area contributed by atoms with Crippen LogP contribution in [-0.4, -0.2) is 19.5 Å². The van der Waals surface area contributed by atoms with Crippen LogP contribution in [0.25, 0.3) is 0 Å². The van der Waals surface area contributed by atoms with E-state index in [9.17, 15) is 8.42 Å². The van der Waals surface area contributed by atoms with Gasteiger partial charge in [0.2, 0.25) is 0 Å². The molecule has 0 spiro atoms. The summed E-state index contributed by atoms with van der Waals surface area (Å²) in [6, 6.07) is 4.78. The number of hydrogen-bond acceptors (Lipinski definition) is 3. The van der Waals surface area contributed by atoms with Crippen molar-refractivity contribution in [1.29, 1.82) is 0 Å². The lowest BCUT2D eigenvalue weighted by Gasteiger charge is -2.24. The Balaban J connectivity index is 2.47. The molecular weight excluding hydrogens is 226 g/mol. The molecule has 0 fully saturated rings. The smallest absolute Gasteiger partial charge is 0.294 e. The normalized spacial score (nSPS) is 20.5. The van der Waals surface area contributed by atoms with Crippen molar-refractivity contribution < 1.29 is 13.0 Å². The Labute approximate surface area is 95.2 Å². The van der Waals surface area contributed by atoms with E-state index in [2.05, 4.69) is 0 Å². The van der Waals surface area contributed by atoms with Gasteiger partial charge in [0.15, 0.2) is 0 Å². The first-order chi connectivity index (χ1) is 7.52. The number of fused-ring (bicyclic) bond motifs is 1. The van der Waals surface area contributed by atoms with Crippen LogP contribution in [0.3, 0.4) is 0 Å². The van der Waals surface area contributed by atoms with E-state index >= 15 is 0 Å². The lowest BCUT2D eigenvalue weighted by Crippen LogP contribution is -2.18. The molecule has 16 heavy (non-hydrogen) atoms. The SMILES string of the molecule is NC[C@@H]1CCCc2cc(S(=O)(=O)O)ccc21. The highest BCUT2D eigenvalue weighted by molar-refractivity contribution is 7.85. The van der Waals surface area contributed by atoms with Gasteiger partial charge in [0.05, 0.1) is 4.90 Å². The van der Waals surface area contributed by atoms with Crippen molar-refractivity contribution in [2.75, 3.05) is 6.54 Å². The van der Waals surface area contributed by atoms with Gasteiger partial charge < -0.3 is 5.73 Å². The zero-order chi connectivity index (χ0) is 11.8. The Hall–Kier alpha value is -0.910. The minimum absolute atomic E-state index is 0.0241. The van der Waals surface area contributed by atoms with Gasteiger partial charge >= 0.3 is 0 Å². The molecule has 0 radical (unpaired) electrons. The quantitative estimate of drug-likeness (QED) is 0.765. The predicted octanol–water partition coefficient (Wildman–Crippen LogP) is 1.31. The number of nitrogens with two attached hydrogens (primary N) is 1. The minimum Gasteiger partial charge on any atom is -0.330 e. The van der Waals surface area contributed by atoms with Crippen LogP contribution in [-0.2, 0) is 16.5 Å². The van der Waals surface area contributed by atoms with Crippen molar-refractivity contribution in [3.63, 3.8) is 0 Å². The Morgan fingerprint density at radius 3 is 2.81 bits per heavy atom. The van der Waals surface area contributed by atoms with Crippen LogP contribution < -0.4 is 5.73 Å². The molecule has 0 bridgehead atoms. The summed E-state index contributed by atoms with van der Waals surface area (Å²) in [5.74, 6) is 0.319. The molecule has 1 aliphatic carbocycles. The second kappa shape index (κ2) is 4.16. The number of hydrogen-bond donors (Lipinski definition) is 2. The summed E-state index contributed by atoms with van der Waals surface area (Å²) in [7, 11) is -4.09. The van der Waals surface area contributed by atoms with E-state index in [1.807, 2.05) is 0 Å². The highest BCUT2D eigenvalue weighted by atomic mass is 32.2. The summed E-state index contributed by atoms with van der Waals surface area (Å²) in [5.41, 5.74) is 7.80. The third-order valence-electron chi connectivity index (χ3n) is 3.14. The van der Waals surface area contributed by atoms with Gasteiger partial charge in [-0.1, -0.05) is 6.07 Å². The summed E-state index contributed by atoms with van der Waals surface area (Å²) in [5, 5.41) is 0. The van der Waals surface area contributed by atoms with Gasteiger partial charge in [-0.15, -0.1) is 0 Å². The molecule has 88 valence electrons. The molecule has 1 aliphatic rings. The van der Waals surface area contributed by atoms with E-state index in [4.69, 9.17) is 10.3 Å². The highest BCUT2D eigenvalue weighted by Gasteiger charge is 2.21. The van der Waals surface area contributed by atoms with Crippen LogP contribution in [0.2, 0.25) is 0 Å². The topological polar surface area (TPSA) is 80.4 Å². The fourth-order valence-electron chi connectivity index (χ4n) is 2.30. The average Bonchev–Trinajstić information content (AvgIpc) is 2.26. The first-order valence-electron chi connectivity index (χ1n) is 5.33. The van der Waals surface area contributed by atoms with Gasteiger partial charge in [-0.3, -0.25) is 4.55 Å². The third kappa shape index (κ3) is 2.11. The van der Waals surface area contributed by atoms with Gasteiger partial charge in [0.25, 0.3) is 10.1 Å². The van der Waals surface area contributed by atoms with E-state index < -0.39 is 10.1 Å². The van der Waals surface area contributed by atoms with Crippen LogP contribution in [0.4, 0.5) is 0 Å². The van der Waals surface area contributed by atoms with Crippen molar-refractivity contribution in [1.82, 2.24) is 0 Å². The summed E-state index contributed by atoms with van der Waals surface area (Å²) in [6.45, 7) is 0.582. The fourth-order valence-corrected chi connectivity index (χ4v) is 2.83. The maximum atomic E-state index is 11.0. The molecule has 5 heteroatoms. The number of rotatable bonds is 2. The van der Waals surface area contributed by atoms with Gasteiger partial charge in [0, 0.05) is 0 Å². The summed E-state index contributed by atoms with van der Waals surface area (Å²) >= 11 is 0. The second-order valence-electron chi connectivity index (χ2n) is 4.16. The lowest BCUT2D eigenvalue weighted by atomic mass is 9.83. The zero-order valence-corrected chi connectivity index (χ0v) is 9.70. The van der Waals surface area contributed by atoms with Crippen molar-refractivity contribution in [2.24, 2.45) is 5.73 Å². The maximum Gasteiger partial charge on any atom is 0.294 e. The van der Waals surface area contributed by atoms with E-state index in [0.29, 0.717) is 12.5 Å². The highest BCUT2D eigenvalue weighted by Crippen LogP contribution is 2.32. The van der Waals surface area contributed by atoms with Gasteiger partial charge in [0.1, 0.15) is 0 Å². The molecular formula is C11H15NO3S. The van der Waals surface area contributed by atoms with Crippen LogP contribution in [0.1, 0.15) is 29.9 Å². The molecule has 1 aromatic rings.